The zero-order valence-corrected chi connectivity index (χ0v) is 18.0. The summed E-state index contributed by atoms with van der Waals surface area (Å²) in [6.45, 7) is 2.22. The maximum atomic E-state index is 5.51. The van der Waals surface area contributed by atoms with Crippen LogP contribution >= 0.6 is 0 Å². The summed E-state index contributed by atoms with van der Waals surface area (Å²) in [5.41, 5.74) is 6.12. The highest BCUT2D eigenvalue weighted by molar-refractivity contribution is 6.16. The highest BCUT2D eigenvalue weighted by atomic mass is 16.5. The molecule has 0 fully saturated rings. The lowest BCUT2D eigenvalue weighted by atomic mass is 9.97. The number of nitrogens with zero attached hydrogens (tertiary/aromatic N) is 2. The van der Waals surface area contributed by atoms with Gasteiger partial charge in [-0.25, -0.2) is 4.57 Å². The number of benzene rings is 3. The van der Waals surface area contributed by atoms with Crippen LogP contribution in [0.3, 0.4) is 0 Å². The molecule has 0 aliphatic carbocycles. The Morgan fingerprint density at radius 2 is 1.47 bits per heavy atom. The zero-order chi connectivity index (χ0) is 21.0. The molecule has 2 aromatic heterocycles. The average Bonchev–Trinajstić information content (AvgIpc) is 3.05. The van der Waals surface area contributed by atoms with Crippen LogP contribution in [0.5, 0.6) is 11.5 Å². The minimum absolute atomic E-state index is 0.862. The molecule has 0 spiro atoms. The van der Waals surface area contributed by atoms with E-state index in [9.17, 15) is 0 Å². The molecule has 0 saturated carbocycles. The van der Waals surface area contributed by atoms with E-state index in [4.69, 9.17) is 9.47 Å². The number of methoxy groups -OCH3 is 2. The fraction of sp³-hybridized carbons (Fsp3) is 0.192. The highest BCUT2D eigenvalue weighted by Crippen LogP contribution is 2.38. The lowest BCUT2D eigenvalue weighted by Gasteiger charge is -2.10. The maximum Gasteiger partial charge on any atom is 0.220 e. The number of hydrogen-bond donors (Lipinski definition) is 0. The zero-order valence-electron chi connectivity index (χ0n) is 18.0. The van der Waals surface area contributed by atoms with Crippen LogP contribution in [-0.4, -0.2) is 18.8 Å². The summed E-state index contributed by atoms with van der Waals surface area (Å²) in [7, 11) is 7.66. The fourth-order valence-corrected chi connectivity index (χ4v) is 4.70. The van der Waals surface area contributed by atoms with Gasteiger partial charge >= 0.3 is 0 Å². The second kappa shape index (κ2) is 6.77. The first-order chi connectivity index (χ1) is 14.5. The van der Waals surface area contributed by atoms with Crippen LogP contribution in [0, 0.1) is 6.92 Å². The van der Waals surface area contributed by atoms with Crippen molar-refractivity contribution in [1.82, 2.24) is 4.57 Å². The summed E-state index contributed by atoms with van der Waals surface area (Å²) in [5.74, 6) is 1.74. The maximum absolute atomic E-state index is 5.51. The normalized spacial score (nSPS) is 11.5. The average molecular weight is 397 g/mol. The molecule has 4 nitrogen and oxygen atoms in total. The van der Waals surface area contributed by atoms with Crippen LogP contribution < -0.4 is 14.0 Å². The molecule has 0 atom stereocenters. The van der Waals surface area contributed by atoms with Gasteiger partial charge in [-0.05, 0) is 66.4 Å². The van der Waals surface area contributed by atoms with Crippen molar-refractivity contribution in [3.05, 3.63) is 66.4 Å². The van der Waals surface area contributed by atoms with Crippen LogP contribution in [0.25, 0.3) is 43.8 Å². The quantitative estimate of drug-likeness (QED) is 0.386. The third-order valence-corrected chi connectivity index (χ3v) is 6.22. The first-order valence-corrected chi connectivity index (χ1v) is 10.1. The van der Waals surface area contributed by atoms with Gasteiger partial charge in [0.05, 0.1) is 25.1 Å². The van der Waals surface area contributed by atoms with Gasteiger partial charge in [0.15, 0.2) is 6.20 Å². The molecule has 0 aliphatic rings. The number of rotatable bonds is 3. The lowest BCUT2D eigenvalue weighted by Crippen LogP contribution is -2.30. The van der Waals surface area contributed by atoms with Crippen molar-refractivity contribution in [2.45, 2.75) is 6.92 Å². The minimum atomic E-state index is 0.862. The van der Waals surface area contributed by atoms with Gasteiger partial charge in [-0.15, -0.1) is 0 Å². The molecule has 0 unspecified atom stereocenters. The molecular formula is C26H25N2O2+. The molecule has 5 aromatic rings. The smallest absolute Gasteiger partial charge is 0.220 e. The van der Waals surface area contributed by atoms with Crippen molar-refractivity contribution in [2.24, 2.45) is 14.1 Å². The van der Waals surface area contributed by atoms with Crippen molar-refractivity contribution < 1.29 is 14.0 Å². The Hall–Kier alpha value is -3.53. The number of aryl methyl sites for hydroxylation is 3. The molecule has 0 radical (unpaired) electrons. The molecule has 30 heavy (non-hydrogen) atoms. The Morgan fingerprint density at radius 3 is 2.17 bits per heavy atom. The van der Waals surface area contributed by atoms with E-state index in [2.05, 4.69) is 72.7 Å². The van der Waals surface area contributed by atoms with Gasteiger partial charge in [0.25, 0.3) is 0 Å². The fourth-order valence-electron chi connectivity index (χ4n) is 4.70. The molecule has 150 valence electrons. The molecule has 2 heterocycles. The highest BCUT2D eigenvalue weighted by Gasteiger charge is 2.20. The Morgan fingerprint density at radius 1 is 0.767 bits per heavy atom. The summed E-state index contributed by atoms with van der Waals surface area (Å²) in [4.78, 5) is 0. The number of pyridine rings is 1. The Bertz CT molecular complexity index is 1430. The van der Waals surface area contributed by atoms with E-state index in [-0.39, 0.29) is 0 Å². The second-order valence-corrected chi connectivity index (χ2v) is 7.80. The van der Waals surface area contributed by atoms with Gasteiger partial charge in [0.2, 0.25) is 5.69 Å². The molecule has 0 amide bonds. The number of ether oxygens (including phenoxy) is 2. The van der Waals surface area contributed by atoms with E-state index in [0.717, 1.165) is 11.5 Å². The summed E-state index contributed by atoms with van der Waals surface area (Å²) in [5, 5.41) is 4.97. The van der Waals surface area contributed by atoms with E-state index < -0.39 is 0 Å². The van der Waals surface area contributed by atoms with Crippen molar-refractivity contribution in [1.29, 1.82) is 0 Å². The van der Waals surface area contributed by atoms with E-state index >= 15 is 0 Å². The summed E-state index contributed by atoms with van der Waals surface area (Å²) in [6.07, 6.45) is 2.15. The van der Waals surface area contributed by atoms with Gasteiger partial charge < -0.3 is 14.0 Å². The van der Waals surface area contributed by atoms with Gasteiger partial charge in [-0.1, -0.05) is 0 Å². The minimum Gasteiger partial charge on any atom is -0.497 e. The molecule has 5 rings (SSSR count). The number of fused-ring (bicyclic) bond motifs is 4. The van der Waals surface area contributed by atoms with Crippen LogP contribution in [0.1, 0.15) is 5.56 Å². The largest absolute Gasteiger partial charge is 0.497 e. The van der Waals surface area contributed by atoms with Gasteiger partial charge in [-0.2, -0.15) is 0 Å². The molecule has 0 saturated heterocycles. The second-order valence-electron chi connectivity index (χ2n) is 7.80. The molecule has 0 bridgehead atoms. The predicted octanol–water partition coefficient (Wildman–Crippen LogP) is 5.30. The molecule has 0 aliphatic heterocycles. The van der Waals surface area contributed by atoms with Gasteiger partial charge in [0.1, 0.15) is 18.5 Å². The first-order valence-electron chi connectivity index (χ1n) is 10.1. The Kier molecular flexibility index (Phi) is 4.17. The monoisotopic (exact) mass is 397 g/mol. The Balaban J connectivity index is 1.92. The van der Waals surface area contributed by atoms with E-state index in [0.29, 0.717) is 0 Å². The van der Waals surface area contributed by atoms with E-state index in [1.54, 1.807) is 14.2 Å². The van der Waals surface area contributed by atoms with Gasteiger partial charge in [-0.3, -0.25) is 0 Å². The predicted molar refractivity (Wildman–Crippen MR) is 122 cm³/mol. The lowest BCUT2D eigenvalue weighted by molar-refractivity contribution is -0.659. The third kappa shape index (κ3) is 2.57. The standard InChI is InChI=1S/C26H25N2O2/c1-16-20-12-13-27(2)26(17-6-8-18(29-4)9-7-17)22(20)15-23-21-14-19(30-5)10-11-24(21)28(3)25(16)23/h6-15H,1-5H3/q+1. The Labute approximate surface area is 175 Å². The van der Waals surface area contributed by atoms with Crippen LogP contribution in [0.2, 0.25) is 0 Å². The summed E-state index contributed by atoms with van der Waals surface area (Å²) in [6, 6.07) is 19.1. The molecule has 3 aromatic carbocycles. The van der Waals surface area contributed by atoms with Crippen molar-refractivity contribution in [3.8, 4) is 22.8 Å². The summed E-state index contributed by atoms with van der Waals surface area (Å²) < 4.78 is 15.3. The van der Waals surface area contributed by atoms with Gasteiger partial charge in [0, 0.05) is 35.0 Å². The number of hydrogen-bond acceptors (Lipinski definition) is 2. The van der Waals surface area contributed by atoms with Crippen molar-refractivity contribution in [2.75, 3.05) is 14.2 Å². The van der Waals surface area contributed by atoms with Crippen molar-refractivity contribution in [3.63, 3.8) is 0 Å². The van der Waals surface area contributed by atoms with Crippen LogP contribution in [0.4, 0.5) is 0 Å². The van der Waals surface area contributed by atoms with Crippen LogP contribution in [-0.2, 0) is 14.1 Å². The molecule has 0 N–H and O–H groups in total. The number of aromatic nitrogens is 2. The van der Waals surface area contributed by atoms with E-state index in [1.165, 1.54) is 49.4 Å². The topological polar surface area (TPSA) is 27.3 Å². The summed E-state index contributed by atoms with van der Waals surface area (Å²) >= 11 is 0. The van der Waals surface area contributed by atoms with E-state index in [1.807, 2.05) is 18.2 Å². The third-order valence-electron chi connectivity index (χ3n) is 6.22. The molecular weight excluding hydrogens is 372 g/mol. The van der Waals surface area contributed by atoms with Crippen LogP contribution in [0.15, 0.2) is 60.8 Å². The molecule has 4 heteroatoms. The van der Waals surface area contributed by atoms with Crippen molar-refractivity contribution >= 4 is 32.6 Å². The first kappa shape index (κ1) is 18.5. The SMILES string of the molecule is COc1ccc(-c2c3cc4c5cc(OC)ccc5n(C)c4c(C)c3cc[n+]2C)cc1.